The number of carbonyl (C=O) groups excluding carboxylic acids is 3. The molecular weight excluding hydrogens is 470 g/mol. The number of likely N-dealkylation sites (tertiary alicyclic amines) is 2. The van der Waals surface area contributed by atoms with E-state index >= 15 is 0 Å². The van der Waals surface area contributed by atoms with Gasteiger partial charge in [0.2, 0.25) is 11.8 Å². The number of carbonyl (C=O) groups is 3. The number of hydrogen-bond acceptors (Lipinski definition) is 6. The molecule has 4 atom stereocenters. The number of ether oxygens (including phenoxy) is 1. The van der Waals surface area contributed by atoms with E-state index in [4.69, 9.17) is 10.5 Å². The van der Waals surface area contributed by atoms with Crippen LogP contribution in [0, 0.1) is 5.92 Å². The molecule has 2 aliphatic carbocycles. The molecule has 2 amide bonds. The van der Waals surface area contributed by atoms with Crippen LogP contribution in [0.1, 0.15) is 91.1 Å². The molecule has 3 heterocycles. The number of piperidine rings is 1. The third-order valence-electron chi connectivity index (χ3n) is 9.57. The van der Waals surface area contributed by atoms with Crippen LogP contribution >= 0.6 is 0 Å². The highest BCUT2D eigenvalue weighted by atomic mass is 16.5. The quantitative estimate of drug-likeness (QED) is 0.609. The Hall–Kier alpha value is -2.29. The Bertz CT molecular complexity index is 1060. The monoisotopic (exact) mass is 509 g/mol. The van der Waals surface area contributed by atoms with Gasteiger partial charge in [0.15, 0.2) is 5.78 Å². The van der Waals surface area contributed by atoms with Gasteiger partial charge in [-0.3, -0.25) is 14.4 Å². The summed E-state index contributed by atoms with van der Waals surface area (Å²) in [5.41, 5.74) is 8.14. The molecule has 3 aliphatic heterocycles. The number of benzene rings is 1. The fourth-order valence-electron chi connectivity index (χ4n) is 7.45. The first kappa shape index (κ1) is 25.0. The Morgan fingerprint density at radius 2 is 1.76 bits per heavy atom. The van der Waals surface area contributed by atoms with Crippen LogP contribution in [0.5, 0.6) is 0 Å². The van der Waals surface area contributed by atoms with Crippen LogP contribution in [-0.2, 0) is 14.3 Å². The van der Waals surface area contributed by atoms with Gasteiger partial charge in [0.1, 0.15) is 24.9 Å². The van der Waals surface area contributed by atoms with Gasteiger partial charge >= 0.3 is 0 Å². The summed E-state index contributed by atoms with van der Waals surface area (Å²) in [6.07, 6.45) is 8.23. The molecule has 5 aliphatic rings. The fraction of sp³-hybridized carbons (Fsp3) is 0.690. The molecule has 0 bridgehead atoms. The summed E-state index contributed by atoms with van der Waals surface area (Å²) in [5, 5.41) is 10.6. The van der Waals surface area contributed by atoms with Gasteiger partial charge in [0.05, 0.1) is 12.5 Å². The van der Waals surface area contributed by atoms with Gasteiger partial charge in [-0.15, -0.1) is 0 Å². The lowest BCUT2D eigenvalue weighted by atomic mass is 9.73. The topological polar surface area (TPSA) is 113 Å². The second-order valence-electron chi connectivity index (χ2n) is 11.9. The standard InChI is InChI=1S/C29H39N3O5/c30-28(35)21-9-6-19(17-10-12-31(13-11-17)20-7-8-20)14-22(21)25(18-4-2-1-3-5-18)29(36)32-15-23(33)27-26(32)24(34)16-37-27/h6,9,14,17-18,20,23,25-27,33H,1-5,7-8,10-13,15-16H2,(H2,30,35)/t23-,25+,26-,27-/m1/s1. The van der Waals surface area contributed by atoms with Gasteiger partial charge in [-0.05, 0) is 80.6 Å². The SMILES string of the molecule is NC(=O)c1ccc(C2CCN(C3CC3)CC2)cc1[C@@H](C(=O)N1C[C@@H](O)[C@H]2OCC(=O)[C@H]21)C1CCCCC1. The first-order valence-corrected chi connectivity index (χ1v) is 14.2. The zero-order chi connectivity index (χ0) is 25.7. The van der Waals surface area contributed by atoms with Crippen molar-refractivity contribution in [1.29, 1.82) is 0 Å². The second kappa shape index (κ2) is 10.1. The zero-order valence-electron chi connectivity index (χ0n) is 21.5. The number of aliphatic hydroxyl groups excluding tert-OH is 1. The van der Waals surface area contributed by atoms with Gasteiger partial charge in [-0.2, -0.15) is 0 Å². The molecule has 0 unspecified atom stereocenters. The van der Waals surface area contributed by atoms with Crippen molar-refractivity contribution in [2.45, 2.75) is 93.9 Å². The normalized spacial score (nSPS) is 30.5. The molecule has 1 aromatic carbocycles. The Kier molecular flexibility index (Phi) is 6.84. The number of ketones is 1. The minimum Gasteiger partial charge on any atom is -0.388 e. The van der Waals surface area contributed by atoms with E-state index in [0.717, 1.165) is 64.1 Å². The van der Waals surface area contributed by atoms with Gasteiger partial charge in [-0.1, -0.05) is 31.4 Å². The molecule has 8 heteroatoms. The van der Waals surface area contributed by atoms with E-state index in [1.807, 2.05) is 12.1 Å². The van der Waals surface area contributed by atoms with Crippen LogP contribution in [0.4, 0.5) is 0 Å². The largest absolute Gasteiger partial charge is 0.388 e. The minimum absolute atomic E-state index is 0.0694. The third kappa shape index (κ3) is 4.72. The minimum atomic E-state index is -0.883. The fourth-order valence-corrected chi connectivity index (χ4v) is 7.45. The van der Waals surface area contributed by atoms with Crippen molar-refractivity contribution in [3.05, 3.63) is 34.9 Å². The van der Waals surface area contributed by atoms with Crippen molar-refractivity contribution in [3.8, 4) is 0 Å². The number of primary amides is 1. The summed E-state index contributed by atoms with van der Waals surface area (Å²) in [6.45, 7) is 2.17. The van der Waals surface area contributed by atoms with E-state index in [1.54, 1.807) is 0 Å². The summed E-state index contributed by atoms with van der Waals surface area (Å²) in [5.74, 6) is -0.975. The molecule has 6 rings (SSSR count). The summed E-state index contributed by atoms with van der Waals surface area (Å²) >= 11 is 0. The van der Waals surface area contributed by atoms with Crippen molar-refractivity contribution in [2.24, 2.45) is 11.7 Å². The molecule has 3 N–H and O–H groups in total. The summed E-state index contributed by atoms with van der Waals surface area (Å²) in [6, 6.07) is 5.93. The maximum Gasteiger partial charge on any atom is 0.249 e. The second-order valence-corrected chi connectivity index (χ2v) is 11.9. The van der Waals surface area contributed by atoms with Crippen LogP contribution in [0.3, 0.4) is 0 Å². The van der Waals surface area contributed by atoms with Gasteiger partial charge in [0.25, 0.3) is 0 Å². The number of hydrogen-bond donors (Lipinski definition) is 2. The first-order valence-electron chi connectivity index (χ1n) is 14.2. The van der Waals surface area contributed by atoms with Gasteiger partial charge < -0.3 is 25.4 Å². The Balaban J connectivity index is 1.35. The van der Waals surface area contributed by atoms with Crippen LogP contribution in [-0.4, -0.2) is 83.0 Å². The van der Waals surface area contributed by atoms with Crippen LogP contribution in [0.25, 0.3) is 0 Å². The molecule has 2 saturated carbocycles. The highest BCUT2D eigenvalue weighted by Gasteiger charge is 2.53. The predicted octanol–water partition coefficient (Wildman–Crippen LogP) is 2.33. The highest BCUT2D eigenvalue weighted by Crippen LogP contribution is 2.42. The van der Waals surface area contributed by atoms with Crippen molar-refractivity contribution in [3.63, 3.8) is 0 Å². The zero-order valence-corrected chi connectivity index (χ0v) is 21.5. The predicted molar refractivity (Wildman–Crippen MR) is 137 cm³/mol. The highest BCUT2D eigenvalue weighted by molar-refractivity contribution is 5.99. The first-order chi connectivity index (χ1) is 17.9. The Labute approximate surface area is 218 Å². The van der Waals surface area contributed by atoms with Crippen LogP contribution in [0.15, 0.2) is 18.2 Å². The molecule has 5 fully saturated rings. The van der Waals surface area contributed by atoms with Gasteiger partial charge in [-0.25, -0.2) is 0 Å². The molecule has 0 spiro atoms. The molecule has 8 nitrogen and oxygen atoms in total. The maximum absolute atomic E-state index is 14.3. The summed E-state index contributed by atoms with van der Waals surface area (Å²) < 4.78 is 5.53. The molecule has 3 saturated heterocycles. The molecule has 0 aromatic heterocycles. The number of Topliss-reactive ketones (excluding diaryl/α,β-unsaturated/α-hetero) is 1. The van der Waals surface area contributed by atoms with E-state index in [9.17, 15) is 19.5 Å². The van der Waals surface area contributed by atoms with E-state index in [0.29, 0.717) is 17.0 Å². The average molecular weight is 510 g/mol. The number of nitrogens with two attached hydrogens (primary N) is 1. The Morgan fingerprint density at radius 3 is 2.43 bits per heavy atom. The van der Waals surface area contributed by atoms with Crippen molar-refractivity contribution in [1.82, 2.24) is 9.80 Å². The smallest absolute Gasteiger partial charge is 0.249 e. The molecule has 37 heavy (non-hydrogen) atoms. The lowest BCUT2D eigenvalue weighted by molar-refractivity contribution is -0.139. The maximum atomic E-state index is 14.3. The lowest BCUT2D eigenvalue weighted by Crippen LogP contribution is -2.46. The van der Waals surface area contributed by atoms with Crippen molar-refractivity contribution in [2.75, 3.05) is 26.2 Å². The third-order valence-corrected chi connectivity index (χ3v) is 9.57. The number of rotatable bonds is 6. The van der Waals surface area contributed by atoms with Crippen LogP contribution in [0.2, 0.25) is 0 Å². The van der Waals surface area contributed by atoms with Gasteiger partial charge in [0, 0.05) is 11.6 Å². The van der Waals surface area contributed by atoms with E-state index in [-0.39, 0.29) is 30.8 Å². The van der Waals surface area contributed by atoms with E-state index in [1.165, 1.54) is 23.3 Å². The van der Waals surface area contributed by atoms with E-state index < -0.39 is 30.1 Å². The lowest BCUT2D eigenvalue weighted by Gasteiger charge is -2.36. The van der Waals surface area contributed by atoms with Crippen molar-refractivity contribution < 1.29 is 24.2 Å². The molecule has 200 valence electrons. The average Bonchev–Trinajstić information content (AvgIpc) is 3.61. The Morgan fingerprint density at radius 1 is 1.03 bits per heavy atom. The molecule has 0 radical (unpaired) electrons. The molecular formula is C29H39N3O5. The number of nitrogens with zero attached hydrogens (tertiary/aromatic N) is 2. The molecule has 1 aromatic rings. The number of fused-ring (bicyclic) bond motifs is 1. The number of amides is 2. The summed E-state index contributed by atoms with van der Waals surface area (Å²) in [4.78, 5) is 43.7. The van der Waals surface area contributed by atoms with E-state index in [2.05, 4.69) is 11.0 Å². The van der Waals surface area contributed by atoms with Crippen LogP contribution < -0.4 is 5.73 Å². The number of β-amino-alcohol motifs (C(OH)–C–C–N with tert-alkyl or cyclic N) is 1. The number of aliphatic hydroxyl groups is 1. The summed E-state index contributed by atoms with van der Waals surface area (Å²) in [7, 11) is 0. The van der Waals surface area contributed by atoms with Crippen molar-refractivity contribution >= 4 is 17.6 Å².